The summed E-state index contributed by atoms with van der Waals surface area (Å²) in [6.45, 7) is 2.66. The molecule has 0 radical (unpaired) electrons. The summed E-state index contributed by atoms with van der Waals surface area (Å²) in [5.41, 5.74) is -0.465. The molecular weight excluding hydrogens is 500 g/mol. The lowest BCUT2D eigenvalue weighted by atomic mass is 9.82. The Labute approximate surface area is 209 Å². The van der Waals surface area contributed by atoms with E-state index in [1.54, 1.807) is 0 Å². The van der Waals surface area contributed by atoms with Gasteiger partial charge in [0.05, 0.1) is 30.6 Å². The van der Waals surface area contributed by atoms with Gasteiger partial charge in [-0.2, -0.15) is 0 Å². The first kappa shape index (κ1) is 28.2. The van der Waals surface area contributed by atoms with Crippen LogP contribution in [0.15, 0.2) is 36.6 Å². The normalized spacial score (nSPS) is 31.6. The summed E-state index contributed by atoms with van der Waals surface area (Å²) in [6.07, 6.45) is -6.96. The number of rotatable bonds is 9. The van der Waals surface area contributed by atoms with Gasteiger partial charge in [0.15, 0.2) is 23.5 Å². The highest BCUT2D eigenvalue weighted by molar-refractivity contribution is 5.91. The summed E-state index contributed by atoms with van der Waals surface area (Å²) >= 11 is 0. The molecule has 0 unspecified atom stereocenters. The average Bonchev–Trinajstić information content (AvgIpc) is 2.86. The molecule has 0 saturated carbocycles. The minimum atomic E-state index is -1.73. The zero-order valence-corrected chi connectivity index (χ0v) is 19.3. The van der Waals surface area contributed by atoms with Gasteiger partial charge < -0.3 is 59.8 Å². The topological polar surface area (TPSA) is 233 Å². The summed E-state index contributed by atoms with van der Waals surface area (Å²) in [4.78, 5) is 24.1. The zero-order valence-electron chi connectivity index (χ0n) is 19.3. The molecule has 1 aromatic carbocycles. The standard InChI is InChI=1S/C23H28O14/c1-2-10-11(3-4-34-21(33)9-5-13(25)16(27)14(26)6-9)12(20(31)32)8-35-22(10)37-23-19(30)18(29)17(28)15(7-24)36-23/h2,5-6,8,10-11,15,17-19,22-30H,1,3-4,7H2,(H,31,32)/t10-,11+,15+,17-,18-,19-,22-,23+/m1/s1. The Morgan fingerprint density at radius 3 is 2.24 bits per heavy atom. The quantitative estimate of drug-likeness (QED) is 0.108. The molecule has 0 aromatic heterocycles. The Balaban J connectivity index is 1.72. The monoisotopic (exact) mass is 528 g/mol. The number of carbonyl (C=O) groups excluding carboxylic acids is 1. The van der Waals surface area contributed by atoms with E-state index in [4.69, 9.17) is 18.9 Å². The van der Waals surface area contributed by atoms with Crippen LogP contribution in [0.5, 0.6) is 17.2 Å². The van der Waals surface area contributed by atoms with Gasteiger partial charge in [0.25, 0.3) is 0 Å². The van der Waals surface area contributed by atoms with Crippen molar-refractivity contribution in [1.82, 2.24) is 0 Å². The van der Waals surface area contributed by atoms with E-state index in [1.165, 1.54) is 6.08 Å². The maximum Gasteiger partial charge on any atom is 0.338 e. The second-order valence-electron chi connectivity index (χ2n) is 8.42. The Hall–Kier alpha value is -3.40. The largest absolute Gasteiger partial charge is 0.504 e. The number of hydrogen-bond acceptors (Lipinski definition) is 13. The zero-order chi connectivity index (χ0) is 27.4. The third kappa shape index (κ3) is 5.95. The van der Waals surface area contributed by atoms with E-state index in [-0.39, 0.29) is 24.2 Å². The molecule has 0 aliphatic carbocycles. The molecule has 1 aromatic rings. The minimum absolute atomic E-state index is 0.0749. The molecule has 2 heterocycles. The van der Waals surface area contributed by atoms with Gasteiger partial charge in [-0.1, -0.05) is 6.08 Å². The summed E-state index contributed by atoms with van der Waals surface area (Å²) in [5.74, 6) is -6.36. The second-order valence-corrected chi connectivity index (χ2v) is 8.42. The molecular formula is C23H28O14. The van der Waals surface area contributed by atoms with Gasteiger partial charge in [-0.3, -0.25) is 0 Å². The fourth-order valence-electron chi connectivity index (χ4n) is 4.07. The smallest absolute Gasteiger partial charge is 0.338 e. The SMILES string of the molecule is C=C[C@H]1[C@@H](O[C@@H]2O[C@@H](CO)[C@@H](O)[C@@H](O)[C@H]2O)OC=C(C(=O)O)[C@H]1CCOC(=O)c1cc(O)c(O)c(O)c1. The number of aliphatic hydroxyl groups is 4. The second kappa shape index (κ2) is 11.8. The van der Waals surface area contributed by atoms with Gasteiger partial charge in [-0.05, 0) is 18.6 Å². The molecule has 2 aliphatic heterocycles. The van der Waals surface area contributed by atoms with Crippen molar-refractivity contribution >= 4 is 11.9 Å². The van der Waals surface area contributed by atoms with Crippen molar-refractivity contribution < 1.29 is 69.4 Å². The number of esters is 1. The Bertz CT molecular complexity index is 1010. The first-order chi connectivity index (χ1) is 17.5. The minimum Gasteiger partial charge on any atom is -0.504 e. The average molecular weight is 528 g/mol. The van der Waals surface area contributed by atoms with Gasteiger partial charge in [0.2, 0.25) is 6.29 Å². The number of aliphatic hydroxyl groups excluding tert-OH is 4. The van der Waals surface area contributed by atoms with Crippen molar-refractivity contribution in [3.8, 4) is 17.2 Å². The van der Waals surface area contributed by atoms with Crippen molar-refractivity contribution in [2.45, 2.75) is 43.4 Å². The molecule has 1 saturated heterocycles. The number of aliphatic carboxylic acids is 1. The number of phenols is 3. The fourth-order valence-corrected chi connectivity index (χ4v) is 4.07. The van der Waals surface area contributed by atoms with E-state index in [2.05, 4.69) is 6.58 Å². The number of aromatic hydroxyl groups is 3. The Kier molecular flexibility index (Phi) is 8.96. The number of ether oxygens (including phenoxy) is 4. The Morgan fingerprint density at radius 2 is 1.68 bits per heavy atom. The van der Waals surface area contributed by atoms with Crippen molar-refractivity contribution in [2.24, 2.45) is 11.8 Å². The lowest BCUT2D eigenvalue weighted by molar-refractivity contribution is -0.339. The van der Waals surface area contributed by atoms with E-state index in [0.29, 0.717) is 0 Å². The number of phenolic OH excluding ortho intramolecular Hbond substituents is 3. The number of benzene rings is 1. The van der Waals surface area contributed by atoms with Crippen LogP contribution in [0.25, 0.3) is 0 Å². The van der Waals surface area contributed by atoms with Crippen LogP contribution in [-0.2, 0) is 23.7 Å². The molecule has 204 valence electrons. The number of hydrogen-bond donors (Lipinski definition) is 8. The highest BCUT2D eigenvalue weighted by Gasteiger charge is 2.47. The van der Waals surface area contributed by atoms with Gasteiger partial charge in [0.1, 0.15) is 24.4 Å². The molecule has 1 fully saturated rings. The number of carboxylic acids is 1. The first-order valence-corrected chi connectivity index (χ1v) is 11.1. The predicted molar refractivity (Wildman–Crippen MR) is 119 cm³/mol. The summed E-state index contributed by atoms with van der Waals surface area (Å²) in [7, 11) is 0. The molecule has 8 atom stereocenters. The van der Waals surface area contributed by atoms with Gasteiger partial charge >= 0.3 is 11.9 Å². The molecule has 3 rings (SSSR count). The third-order valence-corrected chi connectivity index (χ3v) is 6.11. The third-order valence-electron chi connectivity index (χ3n) is 6.11. The van der Waals surface area contributed by atoms with E-state index < -0.39 is 84.6 Å². The molecule has 0 amide bonds. The maximum atomic E-state index is 12.3. The van der Waals surface area contributed by atoms with E-state index in [0.717, 1.165) is 18.4 Å². The van der Waals surface area contributed by atoms with Gasteiger partial charge in [-0.25, -0.2) is 9.59 Å². The molecule has 8 N–H and O–H groups in total. The van der Waals surface area contributed by atoms with Crippen LogP contribution in [0.4, 0.5) is 0 Å². The lowest BCUT2D eigenvalue weighted by Gasteiger charge is -2.43. The van der Waals surface area contributed by atoms with Crippen LogP contribution in [-0.4, -0.2) is 103 Å². The molecule has 14 nitrogen and oxygen atoms in total. The van der Waals surface area contributed by atoms with Crippen LogP contribution < -0.4 is 0 Å². The highest BCUT2D eigenvalue weighted by atomic mass is 16.8. The van der Waals surface area contributed by atoms with Crippen LogP contribution in [0.3, 0.4) is 0 Å². The summed E-state index contributed by atoms with van der Waals surface area (Å²) in [5, 5.41) is 77.7. The van der Waals surface area contributed by atoms with E-state index >= 15 is 0 Å². The lowest BCUT2D eigenvalue weighted by Crippen LogP contribution is -2.60. The summed E-state index contributed by atoms with van der Waals surface area (Å²) in [6, 6.07) is 1.76. The first-order valence-electron chi connectivity index (χ1n) is 11.1. The molecule has 0 bridgehead atoms. The van der Waals surface area contributed by atoms with Crippen LogP contribution in [0.2, 0.25) is 0 Å². The fraction of sp³-hybridized carbons (Fsp3) is 0.478. The molecule has 2 aliphatic rings. The van der Waals surface area contributed by atoms with Gasteiger partial charge in [0, 0.05) is 11.8 Å². The highest BCUT2D eigenvalue weighted by Crippen LogP contribution is 2.38. The van der Waals surface area contributed by atoms with Crippen molar-refractivity contribution in [1.29, 1.82) is 0 Å². The van der Waals surface area contributed by atoms with Crippen LogP contribution in [0.1, 0.15) is 16.8 Å². The molecule has 0 spiro atoms. The number of carboxylic acid groups (broad SMARTS) is 1. The number of carbonyl (C=O) groups is 2. The molecule has 14 heteroatoms. The maximum absolute atomic E-state index is 12.3. The molecule has 37 heavy (non-hydrogen) atoms. The Morgan fingerprint density at radius 1 is 1.03 bits per heavy atom. The van der Waals surface area contributed by atoms with Gasteiger partial charge in [-0.15, -0.1) is 6.58 Å². The summed E-state index contributed by atoms with van der Waals surface area (Å²) < 4.78 is 21.4. The predicted octanol–water partition coefficient (Wildman–Crippen LogP) is -1.09. The van der Waals surface area contributed by atoms with Crippen molar-refractivity contribution in [3.05, 3.63) is 42.2 Å². The van der Waals surface area contributed by atoms with Crippen LogP contribution >= 0.6 is 0 Å². The van der Waals surface area contributed by atoms with Crippen LogP contribution in [0, 0.1) is 11.8 Å². The van der Waals surface area contributed by atoms with Crippen molar-refractivity contribution in [2.75, 3.05) is 13.2 Å². The van der Waals surface area contributed by atoms with E-state index in [9.17, 15) is 50.4 Å². The van der Waals surface area contributed by atoms with E-state index in [1.807, 2.05) is 0 Å². The van der Waals surface area contributed by atoms with Crippen molar-refractivity contribution in [3.63, 3.8) is 0 Å².